The fraction of sp³-hybridized carbons (Fsp3) is 1.00. The Hall–Kier alpha value is -0.310. The van der Waals surface area contributed by atoms with Crippen LogP contribution >= 0.6 is 0 Å². The normalized spacial score (nSPS) is 49.6. The van der Waals surface area contributed by atoms with Crippen LogP contribution in [0.25, 0.3) is 0 Å². The van der Waals surface area contributed by atoms with Crippen LogP contribution in [0, 0.1) is 11.8 Å². The zero-order chi connectivity index (χ0) is 18.4. The predicted octanol–water partition coefficient (Wildman–Crippen LogP) is 0.621. The Morgan fingerprint density at radius 1 is 0.963 bits per heavy atom. The zero-order valence-corrected chi connectivity index (χ0v) is 16.7. The van der Waals surface area contributed by atoms with Crippen LogP contribution in [0.2, 0.25) is 0 Å². The van der Waals surface area contributed by atoms with Crippen LogP contribution in [-0.2, 0) is 0 Å². The summed E-state index contributed by atoms with van der Waals surface area (Å²) in [7, 11) is 0. The van der Waals surface area contributed by atoms with Crippen molar-refractivity contribution in [3.8, 4) is 0 Å². The van der Waals surface area contributed by atoms with Gasteiger partial charge in [0.1, 0.15) is 6.17 Å². The van der Waals surface area contributed by atoms with Gasteiger partial charge in [0.05, 0.1) is 12.3 Å². The molecule has 5 fully saturated rings. The van der Waals surface area contributed by atoms with E-state index < -0.39 is 6.17 Å². The Bertz CT molecular complexity index is 521. The van der Waals surface area contributed by atoms with Crippen molar-refractivity contribution < 1.29 is 4.39 Å². The first-order valence-corrected chi connectivity index (χ1v) is 11.3. The minimum atomic E-state index is -0.682. The van der Waals surface area contributed by atoms with Gasteiger partial charge in [0.15, 0.2) is 0 Å². The smallest absolute Gasteiger partial charge is 0.113 e. The third-order valence-electron chi connectivity index (χ3n) is 7.87. The van der Waals surface area contributed by atoms with E-state index in [0.717, 1.165) is 38.9 Å². The molecule has 0 amide bonds. The maximum Gasteiger partial charge on any atom is 0.113 e. The lowest BCUT2D eigenvalue weighted by atomic mass is 9.80. The summed E-state index contributed by atoms with van der Waals surface area (Å²) < 4.78 is 14.4. The first kappa shape index (κ1) is 18.7. The first-order chi connectivity index (χ1) is 13.2. The zero-order valence-electron chi connectivity index (χ0n) is 16.7. The van der Waals surface area contributed by atoms with E-state index >= 15 is 0 Å². The van der Waals surface area contributed by atoms with Crippen molar-refractivity contribution in [2.24, 2.45) is 11.8 Å². The monoisotopic (exact) mass is 380 g/mol. The van der Waals surface area contributed by atoms with Gasteiger partial charge in [0.2, 0.25) is 0 Å². The minimum Gasteiger partial charge on any atom is -0.314 e. The SMILES string of the molecule is C[C@@H]1CCC2NCC(F)CC2[C@@H]2CCCN2C2CCN3NCC(CN1)C3N2. The highest BCUT2D eigenvalue weighted by atomic mass is 19.1. The van der Waals surface area contributed by atoms with Crippen LogP contribution in [0.3, 0.4) is 0 Å². The van der Waals surface area contributed by atoms with E-state index in [1.165, 1.54) is 25.8 Å². The van der Waals surface area contributed by atoms with Gasteiger partial charge in [-0.05, 0) is 57.9 Å². The first-order valence-electron chi connectivity index (χ1n) is 11.3. The van der Waals surface area contributed by atoms with Gasteiger partial charge in [0, 0.05) is 50.2 Å². The molecule has 7 heteroatoms. The van der Waals surface area contributed by atoms with Gasteiger partial charge < -0.3 is 10.6 Å². The molecule has 2 bridgehead atoms. The molecule has 27 heavy (non-hydrogen) atoms. The molecule has 0 aromatic carbocycles. The summed E-state index contributed by atoms with van der Waals surface area (Å²) in [5, 5.41) is 13.8. The maximum absolute atomic E-state index is 14.4. The highest BCUT2D eigenvalue weighted by molar-refractivity contribution is 5.00. The number of halogens is 1. The number of fused-ring (bicyclic) bond motifs is 5. The summed E-state index contributed by atoms with van der Waals surface area (Å²) >= 11 is 0. The van der Waals surface area contributed by atoms with Gasteiger partial charge in [-0.15, -0.1) is 0 Å². The van der Waals surface area contributed by atoms with Gasteiger partial charge >= 0.3 is 0 Å². The van der Waals surface area contributed by atoms with Crippen LogP contribution in [0.1, 0.15) is 45.4 Å². The molecule has 0 aromatic rings. The molecule has 5 aliphatic heterocycles. The lowest BCUT2D eigenvalue weighted by Gasteiger charge is -2.47. The number of alkyl halides is 1. The second-order valence-electron chi connectivity index (χ2n) is 9.58. The Labute approximate surface area is 162 Å². The fourth-order valence-electron chi connectivity index (χ4n) is 6.39. The lowest BCUT2D eigenvalue weighted by Crippen LogP contribution is -2.64. The number of piperidine rings is 1. The molecule has 0 saturated carbocycles. The van der Waals surface area contributed by atoms with Crippen molar-refractivity contribution in [3.63, 3.8) is 0 Å². The quantitative estimate of drug-likeness (QED) is 0.494. The minimum absolute atomic E-state index is 0.416. The molecular formula is C20H37FN6. The van der Waals surface area contributed by atoms with E-state index in [9.17, 15) is 4.39 Å². The highest BCUT2D eigenvalue weighted by Crippen LogP contribution is 2.36. The van der Waals surface area contributed by atoms with Gasteiger partial charge in [-0.3, -0.25) is 15.6 Å². The highest BCUT2D eigenvalue weighted by Gasteiger charge is 2.46. The standard InChI is InChI=1S/C20H37FN6/c1-13-4-5-17-16(9-15(21)12-23-17)18-3-2-7-26(18)19-6-8-27-20(25-19)14(10-22-13)11-24-27/h13-20,22-25H,2-12H2,1H3/t13-,14?,15?,16?,17?,18+,19?,20?/m1/s1. The largest absolute Gasteiger partial charge is 0.314 e. The molecule has 6 unspecified atom stereocenters. The Kier molecular flexibility index (Phi) is 5.43. The van der Waals surface area contributed by atoms with Crippen molar-refractivity contribution in [2.45, 2.75) is 82.1 Å². The third-order valence-corrected chi connectivity index (χ3v) is 7.87. The van der Waals surface area contributed by atoms with E-state index in [1.807, 2.05) is 0 Å². The molecule has 0 aliphatic carbocycles. The molecular weight excluding hydrogens is 343 g/mol. The molecule has 5 rings (SSSR count). The molecule has 0 aromatic heterocycles. The predicted molar refractivity (Wildman–Crippen MR) is 105 cm³/mol. The van der Waals surface area contributed by atoms with Crippen molar-refractivity contribution in [3.05, 3.63) is 0 Å². The van der Waals surface area contributed by atoms with Crippen molar-refractivity contribution in [2.75, 3.05) is 32.7 Å². The van der Waals surface area contributed by atoms with E-state index in [0.29, 0.717) is 48.8 Å². The second kappa shape index (κ2) is 7.84. The molecule has 4 N–H and O–H groups in total. The van der Waals surface area contributed by atoms with Crippen molar-refractivity contribution in [1.29, 1.82) is 0 Å². The van der Waals surface area contributed by atoms with Crippen LogP contribution in [0.5, 0.6) is 0 Å². The summed E-state index contributed by atoms with van der Waals surface area (Å²) in [5.74, 6) is 1.05. The molecule has 0 radical (unpaired) electrons. The van der Waals surface area contributed by atoms with E-state index in [2.05, 4.69) is 38.2 Å². The summed E-state index contributed by atoms with van der Waals surface area (Å²) in [6.07, 6.45) is 6.90. The molecule has 0 spiro atoms. The van der Waals surface area contributed by atoms with E-state index in [4.69, 9.17) is 0 Å². The Morgan fingerprint density at radius 2 is 1.89 bits per heavy atom. The van der Waals surface area contributed by atoms with Gasteiger partial charge in [-0.1, -0.05) is 0 Å². The van der Waals surface area contributed by atoms with Gasteiger partial charge in [-0.25, -0.2) is 9.40 Å². The summed E-state index contributed by atoms with van der Waals surface area (Å²) in [6.45, 7) is 7.25. The second-order valence-corrected chi connectivity index (χ2v) is 9.58. The Balaban J connectivity index is 1.41. The average molecular weight is 381 g/mol. The lowest BCUT2D eigenvalue weighted by molar-refractivity contribution is -0.00473. The molecule has 5 heterocycles. The van der Waals surface area contributed by atoms with Crippen molar-refractivity contribution in [1.82, 2.24) is 31.3 Å². The number of nitrogens with one attached hydrogen (secondary N) is 4. The number of nitrogens with zero attached hydrogens (tertiary/aromatic N) is 2. The number of hydrazine groups is 1. The molecule has 6 nitrogen and oxygen atoms in total. The molecule has 154 valence electrons. The van der Waals surface area contributed by atoms with E-state index in [-0.39, 0.29) is 0 Å². The number of rotatable bonds is 0. The Morgan fingerprint density at radius 3 is 2.81 bits per heavy atom. The maximum atomic E-state index is 14.4. The van der Waals surface area contributed by atoms with Gasteiger partial charge in [0.25, 0.3) is 0 Å². The molecule has 8 atom stereocenters. The topological polar surface area (TPSA) is 54.6 Å². The van der Waals surface area contributed by atoms with Crippen LogP contribution in [-0.4, -0.2) is 79.3 Å². The number of hydrogen-bond acceptors (Lipinski definition) is 6. The van der Waals surface area contributed by atoms with Gasteiger partial charge in [-0.2, -0.15) is 0 Å². The van der Waals surface area contributed by atoms with Crippen LogP contribution < -0.4 is 21.4 Å². The van der Waals surface area contributed by atoms with Crippen LogP contribution in [0.4, 0.5) is 4.39 Å². The van der Waals surface area contributed by atoms with Crippen molar-refractivity contribution >= 4 is 0 Å². The summed E-state index contributed by atoms with van der Waals surface area (Å²) in [4.78, 5) is 2.72. The summed E-state index contributed by atoms with van der Waals surface area (Å²) in [6, 6.07) is 1.51. The molecule has 5 saturated heterocycles. The summed E-state index contributed by atoms with van der Waals surface area (Å²) in [5.41, 5.74) is 3.60. The number of hydrogen-bond donors (Lipinski definition) is 4. The third kappa shape index (κ3) is 3.67. The van der Waals surface area contributed by atoms with Crippen LogP contribution in [0.15, 0.2) is 0 Å². The fourth-order valence-corrected chi connectivity index (χ4v) is 6.39. The molecule has 5 aliphatic rings. The average Bonchev–Trinajstić information content (AvgIpc) is 3.31. The van der Waals surface area contributed by atoms with E-state index in [1.54, 1.807) is 0 Å².